The molecule has 0 amide bonds. The zero-order valence-corrected chi connectivity index (χ0v) is 23.7. The first-order valence-corrected chi connectivity index (χ1v) is 13.6. The van der Waals surface area contributed by atoms with Crippen LogP contribution < -0.4 is 0 Å². The number of hydrogen-bond donors (Lipinski definition) is 3. The van der Waals surface area contributed by atoms with Crippen molar-refractivity contribution in [2.75, 3.05) is 106 Å². The van der Waals surface area contributed by atoms with E-state index >= 15 is 0 Å². The highest BCUT2D eigenvalue weighted by atomic mass is 16.6. The number of aliphatic carboxylic acids is 3. The maximum atomic E-state index is 13.0. The van der Waals surface area contributed by atoms with Gasteiger partial charge in [-0.05, 0) is 0 Å². The Bertz CT molecular complexity index is 812. The Morgan fingerprint density at radius 2 is 0.791 bits per heavy atom. The lowest BCUT2D eigenvalue weighted by Gasteiger charge is -2.25. The summed E-state index contributed by atoms with van der Waals surface area (Å²) in [5.74, 6) is -5.62. The van der Waals surface area contributed by atoms with Gasteiger partial charge >= 0.3 is 23.9 Å². The topological polar surface area (TPSA) is 230 Å². The van der Waals surface area contributed by atoms with E-state index in [1.807, 2.05) is 0 Å². The molecule has 0 saturated carbocycles. The molecule has 43 heavy (non-hydrogen) atoms. The molecule has 2 rings (SSSR count). The third-order valence-electron chi connectivity index (χ3n) is 5.65. The van der Waals surface area contributed by atoms with Gasteiger partial charge in [0.05, 0.1) is 99.1 Å². The van der Waals surface area contributed by atoms with Gasteiger partial charge in [-0.25, -0.2) is 19.2 Å². The lowest BCUT2D eigenvalue weighted by atomic mass is 10.2. The van der Waals surface area contributed by atoms with Crippen molar-refractivity contribution in [3.63, 3.8) is 0 Å². The monoisotopic (exact) mass is 628 g/mol. The molecular formula is C25H40O18. The summed E-state index contributed by atoms with van der Waals surface area (Å²) in [6, 6.07) is 0. The summed E-state index contributed by atoms with van der Waals surface area (Å²) >= 11 is 0. The van der Waals surface area contributed by atoms with Crippen LogP contribution in [0.1, 0.15) is 0 Å². The Labute approximate surface area is 247 Å². The fourth-order valence-electron chi connectivity index (χ4n) is 3.61. The average Bonchev–Trinajstić information content (AvgIpc) is 2.95. The molecule has 3 N–H and O–H groups in total. The molecule has 2 fully saturated rings. The summed E-state index contributed by atoms with van der Waals surface area (Å²) in [5, 5.41) is 28.5. The number of esters is 1. The molecule has 0 aromatic heterocycles. The first-order valence-electron chi connectivity index (χ1n) is 13.6. The minimum absolute atomic E-state index is 0.0773. The summed E-state index contributed by atoms with van der Waals surface area (Å²) in [7, 11) is 0. The van der Waals surface area contributed by atoms with Gasteiger partial charge < -0.3 is 67.4 Å². The molecule has 0 aromatic carbocycles. The van der Waals surface area contributed by atoms with Crippen molar-refractivity contribution in [2.24, 2.45) is 0 Å². The van der Waals surface area contributed by atoms with E-state index in [2.05, 4.69) is 0 Å². The molecule has 0 radical (unpaired) electrons. The van der Waals surface area contributed by atoms with E-state index in [1.54, 1.807) is 0 Å². The largest absolute Gasteiger partial charge is 0.479 e. The highest BCUT2D eigenvalue weighted by molar-refractivity contribution is 5.85. The summed E-state index contributed by atoms with van der Waals surface area (Å²) in [4.78, 5) is 48.0. The van der Waals surface area contributed by atoms with E-state index in [4.69, 9.17) is 52.1 Å². The average molecular weight is 629 g/mol. The smallest absolute Gasteiger partial charge is 0.338 e. The van der Waals surface area contributed by atoms with E-state index in [0.29, 0.717) is 19.8 Å². The zero-order chi connectivity index (χ0) is 31.3. The Hall–Kier alpha value is -2.52. The van der Waals surface area contributed by atoms with Gasteiger partial charge in [0.2, 0.25) is 0 Å². The van der Waals surface area contributed by atoms with Crippen LogP contribution in [0.3, 0.4) is 0 Å². The van der Waals surface area contributed by atoms with E-state index in [0.717, 1.165) is 0 Å². The maximum absolute atomic E-state index is 13.0. The lowest BCUT2D eigenvalue weighted by molar-refractivity contribution is -0.187. The van der Waals surface area contributed by atoms with Crippen molar-refractivity contribution >= 4 is 23.9 Å². The second kappa shape index (κ2) is 22.1. The highest BCUT2D eigenvalue weighted by Crippen LogP contribution is 2.11. The fourth-order valence-corrected chi connectivity index (χ4v) is 3.61. The predicted molar refractivity (Wildman–Crippen MR) is 137 cm³/mol. The Morgan fingerprint density at radius 3 is 1.21 bits per heavy atom. The second-order valence-electron chi connectivity index (χ2n) is 8.83. The Balaban J connectivity index is 2.00. The second-order valence-corrected chi connectivity index (χ2v) is 8.83. The summed E-state index contributed by atoms with van der Waals surface area (Å²) in [6.45, 7) is -0.173. The number of carboxylic acids is 3. The van der Waals surface area contributed by atoms with Gasteiger partial charge in [-0.3, -0.25) is 0 Å². The molecular weight excluding hydrogens is 588 g/mol. The third kappa shape index (κ3) is 15.2. The molecule has 18 heteroatoms. The fraction of sp³-hybridized carbons (Fsp3) is 0.840. The van der Waals surface area contributed by atoms with Gasteiger partial charge in [0.15, 0.2) is 24.4 Å². The van der Waals surface area contributed by atoms with Crippen LogP contribution in [0.15, 0.2) is 0 Å². The van der Waals surface area contributed by atoms with Crippen molar-refractivity contribution in [3.8, 4) is 0 Å². The summed E-state index contributed by atoms with van der Waals surface area (Å²) in [5.41, 5.74) is 0. The van der Waals surface area contributed by atoms with Gasteiger partial charge in [-0.15, -0.1) is 0 Å². The minimum atomic E-state index is -1.81. The van der Waals surface area contributed by atoms with Crippen LogP contribution in [-0.4, -0.2) is 175 Å². The number of ether oxygens (including phenoxy) is 11. The van der Waals surface area contributed by atoms with Crippen LogP contribution in [0.2, 0.25) is 0 Å². The number of carboxylic acid groups (broad SMARTS) is 3. The lowest BCUT2D eigenvalue weighted by Crippen LogP contribution is -2.46. The quantitative estimate of drug-likeness (QED) is 0.265. The van der Waals surface area contributed by atoms with Gasteiger partial charge in [0, 0.05) is 0 Å². The third-order valence-corrected chi connectivity index (χ3v) is 5.65. The van der Waals surface area contributed by atoms with Crippen molar-refractivity contribution in [3.05, 3.63) is 0 Å². The van der Waals surface area contributed by atoms with Gasteiger partial charge in [-0.2, -0.15) is 0 Å². The standard InChI is InChI=1S/C25H40O18/c26-22(27)18-19(23(28)29)40-12-7-36-9-14-42-21(20(24(30)31)41-13-8-35-6-11-39-18)25(32)43-16-17-15-37-4-3-33-1-2-34-5-10-38-17/h17-21H,1-16H2,(H,26,27)(H,28,29)(H,30,31). The molecule has 18 nitrogen and oxygen atoms in total. The number of carbonyl (C=O) groups excluding carboxylic acids is 1. The van der Waals surface area contributed by atoms with E-state index in [-0.39, 0.29) is 85.9 Å². The summed E-state index contributed by atoms with van der Waals surface area (Å²) < 4.78 is 58.9. The van der Waals surface area contributed by atoms with Crippen LogP contribution in [0, 0.1) is 0 Å². The number of hydrogen-bond acceptors (Lipinski definition) is 15. The molecule has 0 spiro atoms. The van der Waals surface area contributed by atoms with E-state index in [1.165, 1.54) is 0 Å². The SMILES string of the molecule is O=C(O)C1OCCOCCOC(C(=O)O)C(C(=O)OCC2COCCOCCOCCO2)OCCOCCOC1C(=O)O. The Kier molecular flexibility index (Phi) is 18.8. The molecule has 0 aromatic rings. The molecule has 0 aliphatic carbocycles. The van der Waals surface area contributed by atoms with Gasteiger partial charge in [0.1, 0.15) is 12.7 Å². The molecule has 2 saturated heterocycles. The molecule has 2 heterocycles. The minimum Gasteiger partial charge on any atom is -0.479 e. The van der Waals surface area contributed by atoms with Crippen LogP contribution >= 0.6 is 0 Å². The first-order chi connectivity index (χ1) is 20.8. The molecule has 0 bridgehead atoms. The van der Waals surface area contributed by atoms with Crippen molar-refractivity contribution < 1.29 is 86.6 Å². The normalized spacial score (nSPS) is 29.0. The Morgan fingerprint density at radius 1 is 0.465 bits per heavy atom. The van der Waals surface area contributed by atoms with Crippen LogP contribution in [-0.2, 0) is 71.3 Å². The first kappa shape index (κ1) is 36.7. The molecule has 2 aliphatic heterocycles. The zero-order valence-electron chi connectivity index (χ0n) is 23.7. The van der Waals surface area contributed by atoms with Crippen LogP contribution in [0.4, 0.5) is 0 Å². The highest BCUT2D eigenvalue weighted by Gasteiger charge is 2.38. The number of carbonyl (C=O) groups is 4. The van der Waals surface area contributed by atoms with E-state index in [9.17, 15) is 34.5 Å². The summed E-state index contributed by atoms with van der Waals surface area (Å²) in [6.07, 6.45) is -7.78. The molecule has 2 aliphatic rings. The van der Waals surface area contributed by atoms with Crippen molar-refractivity contribution in [1.82, 2.24) is 0 Å². The van der Waals surface area contributed by atoms with Crippen LogP contribution in [0.5, 0.6) is 0 Å². The number of rotatable bonds is 6. The van der Waals surface area contributed by atoms with Gasteiger partial charge in [-0.1, -0.05) is 0 Å². The molecule has 5 atom stereocenters. The molecule has 5 unspecified atom stereocenters. The van der Waals surface area contributed by atoms with Crippen LogP contribution in [0.25, 0.3) is 0 Å². The van der Waals surface area contributed by atoms with Crippen molar-refractivity contribution in [2.45, 2.75) is 30.5 Å². The van der Waals surface area contributed by atoms with Gasteiger partial charge in [0.25, 0.3) is 0 Å². The maximum Gasteiger partial charge on any atom is 0.338 e. The van der Waals surface area contributed by atoms with Crippen molar-refractivity contribution in [1.29, 1.82) is 0 Å². The predicted octanol–water partition coefficient (Wildman–Crippen LogP) is -2.18. The molecule has 248 valence electrons. The van der Waals surface area contributed by atoms with E-state index < -0.39 is 54.4 Å².